The summed E-state index contributed by atoms with van der Waals surface area (Å²) in [5.41, 5.74) is 0. The van der Waals surface area contributed by atoms with Gasteiger partial charge < -0.3 is 4.90 Å². The third-order valence-corrected chi connectivity index (χ3v) is 5.75. The van der Waals surface area contributed by atoms with E-state index in [1.54, 1.807) is 0 Å². The molecule has 1 saturated heterocycles. The second kappa shape index (κ2) is 6.09. The van der Waals surface area contributed by atoms with E-state index in [0.29, 0.717) is 0 Å². The first kappa shape index (κ1) is 15.9. The second-order valence-electron chi connectivity index (χ2n) is 5.33. The molecule has 1 fully saturated rings. The summed E-state index contributed by atoms with van der Waals surface area (Å²) >= 11 is 3.02. The van der Waals surface area contributed by atoms with Gasteiger partial charge >= 0.3 is 0 Å². The molecular formula is C13H18BrFN2O2S. The van der Waals surface area contributed by atoms with Gasteiger partial charge in [0.15, 0.2) is 0 Å². The van der Waals surface area contributed by atoms with Crippen LogP contribution in [0.5, 0.6) is 0 Å². The van der Waals surface area contributed by atoms with Crippen molar-refractivity contribution in [2.45, 2.75) is 24.3 Å². The molecule has 112 valence electrons. The Bertz CT molecular complexity index is 594. The summed E-state index contributed by atoms with van der Waals surface area (Å²) in [5, 5.41) is 0. The SMILES string of the molecule is CC1CN(C)CCC1NS(=O)(=O)c1ccc(Br)c(F)c1. The molecule has 1 aliphatic heterocycles. The number of hydrogen-bond acceptors (Lipinski definition) is 3. The smallest absolute Gasteiger partial charge is 0.240 e. The molecule has 0 aliphatic carbocycles. The van der Waals surface area contributed by atoms with E-state index < -0.39 is 15.8 Å². The topological polar surface area (TPSA) is 49.4 Å². The lowest BCUT2D eigenvalue weighted by Gasteiger charge is -2.34. The molecular weight excluding hydrogens is 347 g/mol. The van der Waals surface area contributed by atoms with Gasteiger partial charge in [-0.05, 0) is 60.1 Å². The average molecular weight is 365 g/mol. The van der Waals surface area contributed by atoms with Crippen molar-refractivity contribution < 1.29 is 12.8 Å². The molecule has 0 saturated carbocycles. The highest BCUT2D eigenvalue weighted by molar-refractivity contribution is 9.10. The molecule has 0 aromatic heterocycles. The Morgan fingerprint density at radius 2 is 2.15 bits per heavy atom. The van der Waals surface area contributed by atoms with E-state index in [1.807, 2.05) is 14.0 Å². The van der Waals surface area contributed by atoms with Gasteiger partial charge in [-0.25, -0.2) is 17.5 Å². The van der Waals surface area contributed by atoms with Gasteiger partial charge in [0.2, 0.25) is 10.0 Å². The summed E-state index contributed by atoms with van der Waals surface area (Å²) in [6.07, 6.45) is 0.760. The van der Waals surface area contributed by atoms with Crippen LogP contribution in [0.2, 0.25) is 0 Å². The zero-order valence-corrected chi connectivity index (χ0v) is 13.8. The van der Waals surface area contributed by atoms with Crippen molar-refractivity contribution in [2.24, 2.45) is 5.92 Å². The van der Waals surface area contributed by atoms with Gasteiger partial charge in [0.25, 0.3) is 0 Å². The summed E-state index contributed by atoms with van der Waals surface area (Å²) in [4.78, 5) is 2.14. The molecule has 20 heavy (non-hydrogen) atoms. The maximum absolute atomic E-state index is 13.5. The fraction of sp³-hybridized carbons (Fsp3) is 0.538. The number of sulfonamides is 1. The van der Waals surface area contributed by atoms with Gasteiger partial charge in [-0.3, -0.25) is 0 Å². The zero-order valence-electron chi connectivity index (χ0n) is 11.4. The minimum atomic E-state index is -3.68. The molecule has 0 spiro atoms. The van der Waals surface area contributed by atoms with E-state index in [2.05, 4.69) is 25.6 Å². The normalized spacial score (nSPS) is 24.8. The molecule has 0 radical (unpaired) electrons. The highest BCUT2D eigenvalue weighted by Crippen LogP contribution is 2.22. The molecule has 0 amide bonds. The summed E-state index contributed by atoms with van der Waals surface area (Å²) in [6, 6.07) is 3.73. The summed E-state index contributed by atoms with van der Waals surface area (Å²) in [6.45, 7) is 3.72. The van der Waals surface area contributed by atoms with Crippen LogP contribution in [-0.2, 0) is 10.0 Å². The minimum Gasteiger partial charge on any atom is -0.306 e. The number of hydrogen-bond donors (Lipinski definition) is 1. The van der Waals surface area contributed by atoms with Crippen LogP contribution >= 0.6 is 15.9 Å². The van der Waals surface area contributed by atoms with Gasteiger partial charge in [-0.1, -0.05) is 6.92 Å². The highest BCUT2D eigenvalue weighted by Gasteiger charge is 2.28. The largest absolute Gasteiger partial charge is 0.306 e. The fourth-order valence-corrected chi connectivity index (χ4v) is 4.08. The summed E-state index contributed by atoms with van der Waals surface area (Å²) in [7, 11) is -1.66. The number of benzene rings is 1. The molecule has 7 heteroatoms. The number of rotatable bonds is 3. The Balaban J connectivity index is 2.16. The van der Waals surface area contributed by atoms with Gasteiger partial charge in [0.1, 0.15) is 5.82 Å². The maximum Gasteiger partial charge on any atom is 0.240 e. The first-order valence-electron chi connectivity index (χ1n) is 6.45. The van der Waals surface area contributed by atoms with Crippen LogP contribution in [0.25, 0.3) is 0 Å². The van der Waals surface area contributed by atoms with Gasteiger partial charge in [-0.15, -0.1) is 0 Å². The number of piperidine rings is 1. The average Bonchev–Trinajstić information content (AvgIpc) is 2.36. The van der Waals surface area contributed by atoms with Crippen LogP contribution in [0.4, 0.5) is 4.39 Å². The molecule has 4 nitrogen and oxygen atoms in total. The van der Waals surface area contributed by atoms with Crippen molar-refractivity contribution in [3.8, 4) is 0 Å². The Morgan fingerprint density at radius 3 is 2.75 bits per heavy atom. The van der Waals surface area contributed by atoms with Gasteiger partial charge in [0.05, 0.1) is 9.37 Å². The van der Waals surface area contributed by atoms with Crippen molar-refractivity contribution in [3.63, 3.8) is 0 Å². The van der Waals surface area contributed by atoms with Crippen LogP contribution in [0.15, 0.2) is 27.6 Å². The van der Waals surface area contributed by atoms with Crippen LogP contribution in [0.1, 0.15) is 13.3 Å². The first-order chi connectivity index (χ1) is 9.29. The fourth-order valence-electron chi connectivity index (χ4n) is 2.44. The standard InChI is InChI=1S/C13H18BrFN2O2S/c1-9-8-17(2)6-5-13(9)16-20(18,19)10-3-4-11(14)12(15)7-10/h3-4,7,9,13,16H,5-6,8H2,1-2H3. The maximum atomic E-state index is 13.5. The minimum absolute atomic E-state index is 0.0377. The molecule has 1 aromatic rings. The predicted molar refractivity (Wildman–Crippen MR) is 79.5 cm³/mol. The number of likely N-dealkylation sites (tertiary alicyclic amines) is 1. The monoisotopic (exact) mass is 364 g/mol. The summed E-state index contributed by atoms with van der Waals surface area (Å²) < 4.78 is 41.0. The van der Waals surface area contributed by atoms with Crippen molar-refractivity contribution in [1.82, 2.24) is 9.62 Å². The van der Waals surface area contributed by atoms with E-state index in [-0.39, 0.29) is 21.3 Å². The number of nitrogens with one attached hydrogen (secondary N) is 1. The van der Waals surface area contributed by atoms with E-state index in [9.17, 15) is 12.8 Å². The van der Waals surface area contributed by atoms with E-state index in [0.717, 1.165) is 25.6 Å². The second-order valence-corrected chi connectivity index (χ2v) is 7.90. The molecule has 1 N–H and O–H groups in total. The molecule has 0 bridgehead atoms. The van der Waals surface area contributed by atoms with Crippen LogP contribution in [0.3, 0.4) is 0 Å². The van der Waals surface area contributed by atoms with Crippen molar-refractivity contribution in [1.29, 1.82) is 0 Å². The lowest BCUT2D eigenvalue weighted by Crippen LogP contribution is -2.48. The molecule has 2 rings (SSSR count). The third kappa shape index (κ3) is 3.58. The van der Waals surface area contributed by atoms with E-state index in [4.69, 9.17) is 0 Å². The van der Waals surface area contributed by atoms with Gasteiger partial charge in [0, 0.05) is 12.6 Å². The molecule has 1 aliphatic rings. The lowest BCUT2D eigenvalue weighted by atomic mass is 9.95. The summed E-state index contributed by atoms with van der Waals surface area (Å²) in [5.74, 6) is -0.354. The van der Waals surface area contributed by atoms with Crippen LogP contribution < -0.4 is 4.72 Å². The van der Waals surface area contributed by atoms with Gasteiger partial charge in [-0.2, -0.15) is 0 Å². The van der Waals surface area contributed by atoms with E-state index in [1.165, 1.54) is 12.1 Å². The quantitative estimate of drug-likeness (QED) is 0.894. The molecule has 2 unspecified atom stereocenters. The Morgan fingerprint density at radius 1 is 1.45 bits per heavy atom. The van der Waals surface area contributed by atoms with Crippen molar-refractivity contribution >= 4 is 26.0 Å². The first-order valence-corrected chi connectivity index (χ1v) is 8.73. The van der Waals surface area contributed by atoms with Crippen LogP contribution in [-0.4, -0.2) is 39.5 Å². The van der Waals surface area contributed by atoms with E-state index >= 15 is 0 Å². The number of nitrogens with zero attached hydrogens (tertiary/aromatic N) is 1. The predicted octanol–water partition coefficient (Wildman–Crippen LogP) is 2.21. The highest BCUT2D eigenvalue weighted by atomic mass is 79.9. The Kier molecular flexibility index (Phi) is 4.84. The zero-order chi connectivity index (χ0) is 14.9. The third-order valence-electron chi connectivity index (χ3n) is 3.62. The molecule has 2 atom stereocenters. The van der Waals surface area contributed by atoms with Crippen LogP contribution in [0, 0.1) is 11.7 Å². The number of halogens is 2. The Labute approximate surface area is 127 Å². The molecule has 1 heterocycles. The lowest BCUT2D eigenvalue weighted by molar-refractivity contribution is 0.188. The molecule has 1 aromatic carbocycles. The van der Waals surface area contributed by atoms with Crippen molar-refractivity contribution in [3.05, 3.63) is 28.5 Å². The Hall–Kier alpha value is -0.500. The van der Waals surface area contributed by atoms with Crippen molar-refractivity contribution in [2.75, 3.05) is 20.1 Å².